The number of aromatic amines is 1. The van der Waals surface area contributed by atoms with Crippen molar-refractivity contribution in [1.82, 2.24) is 15.2 Å². The summed E-state index contributed by atoms with van der Waals surface area (Å²) in [5.41, 5.74) is 8.33. The molecule has 20 heavy (non-hydrogen) atoms. The largest absolute Gasteiger partial charge is 0.397 e. The van der Waals surface area contributed by atoms with Crippen LogP contribution in [0, 0.1) is 0 Å². The number of pyridine rings is 1. The minimum atomic E-state index is -0.135. The Bertz CT molecular complexity index is 748. The van der Waals surface area contributed by atoms with Gasteiger partial charge in [-0.1, -0.05) is 12.1 Å². The number of nitrogens with two attached hydrogens (primary N) is 1. The molecular formula is C14H13N5O. The Hall–Kier alpha value is -2.89. The van der Waals surface area contributed by atoms with Crippen LogP contribution in [-0.4, -0.2) is 21.1 Å². The summed E-state index contributed by atoms with van der Waals surface area (Å²) in [4.78, 5) is 16.1. The van der Waals surface area contributed by atoms with Crippen molar-refractivity contribution in [3.8, 4) is 0 Å². The first-order valence-electron chi connectivity index (χ1n) is 6.15. The van der Waals surface area contributed by atoms with E-state index in [0.29, 0.717) is 17.1 Å². The third-order valence-electron chi connectivity index (χ3n) is 2.94. The molecule has 0 spiro atoms. The Kier molecular flexibility index (Phi) is 3.04. The molecule has 0 aliphatic carbocycles. The summed E-state index contributed by atoms with van der Waals surface area (Å²) in [5.74, 6) is -0.135. The van der Waals surface area contributed by atoms with E-state index in [1.54, 1.807) is 18.3 Å². The topological polar surface area (TPSA) is 96.7 Å². The van der Waals surface area contributed by atoms with Crippen LogP contribution < -0.4 is 11.1 Å². The first kappa shape index (κ1) is 12.2. The number of hydrogen-bond donors (Lipinski definition) is 3. The molecule has 2 aromatic heterocycles. The van der Waals surface area contributed by atoms with Gasteiger partial charge in [0.1, 0.15) is 0 Å². The Morgan fingerprint density at radius 2 is 2.15 bits per heavy atom. The average molecular weight is 267 g/mol. The van der Waals surface area contributed by atoms with Crippen molar-refractivity contribution in [2.45, 2.75) is 6.42 Å². The minimum Gasteiger partial charge on any atom is -0.397 e. The van der Waals surface area contributed by atoms with E-state index in [9.17, 15) is 4.79 Å². The zero-order chi connectivity index (χ0) is 13.9. The molecule has 0 saturated carbocycles. The molecule has 0 unspecified atom stereocenters. The number of nitrogens with one attached hydrogen (secondary N) is 2. The molecule has 0 aliphatic heterocycles. The van der Waals surface area contributed by atoms with Crippen LogP contribution in [0.1, 0.15) is 5.69 Å². The number of hydrogen-bond acceptors (Lipinski definition) is 4. The molecule has 0 fully saturated rings. The van der Waals surface area contributed by atoms with Gasteiger partial charge in [0.15, 0.2) is 0 Å². The van der Waals surface area contributed by atoms with E-state index >= 15 is 0 Å². The van der Waals surface area contributed by atoms with Crippen molar-refractivity contribution in [1.29, 1.82) is 0 Å². The number of rotatable bonds is 3. The highest BCUT2D eigenvalue weighted by molar-refractivity contribution is 6.00. The number of carbonyl (C=O) groups excluding carboxylic acids is 1. The number of H-pyrrole nitrogens is 1. The summed E-state index contributed by atoms with van der Waals surface area (Å²) < 4.78 is 0. The SMILES string of the molecule is Nc1ccc(CC(=O)Nc2cccc3cn[nH]c23)nc1. The summed E-state index contributed by atoms with van der Waals surface area (Å²) in [6, 6.07) is 9.09. The number of aromatic nitrogens is 3. The zero-order valence-corrected chi connectivity index (χ0v) is 10.6. The zero-order valence-electron chi connectivity index (χ0n) is 10.6. The lowest BCUT2D eigenvalue weighted by Gasteiger charge is -2.06. The average Bonchev–Trinajstić information content (AvgIpc) is 2.91. The van der Waals surface area contributed by atoms with E-state index in [1.807, 2.05) is 18.2 Å². The smallest absolute Gasteiger partial charge is 0.230 e. The molecule has 6 nitrogen and oxygen atoms in total. The van der Waals surface area contributed by atoms with Crippen LogP contribution in [0.2, 0.25) is 0 Å². The summed E-state index contributed by atoms with van der Waals surface area (Å²) in [6.07, 6.45) is 3.45. The van der Waals surface area contributed by atoms with Crippen LogP contribution in [0.5, 0.6) is 0 Å². The molecule has 1 amide bonds. The Morgan fingerprint density at radius 1 is 1.25 bits per heavy atom. The fraction of sp³-hybridized carbons (Fsp3) is 0.0714. The molecule has 3 rings (SSSR count). The van der Waals surface area contributed by atoms with Crippen molar-refractivity contribution in [2.75, 3.05) is 11.1 Å². The Labute approximate surface area is 115 Å². The molecule has 4 N–H and O–H groups in total. The van der Waals surface area contributed by atoms with Gasteiger partial charge in [0, 0.05) is 11.1 Å². The first-order valence-corrected chi connectivity index (χ1v) is 6.15. The fourth-order valence-corrected chi connectivity index (χ4v) is 1.97. The number of benzene rings is 1. The molecule has 0 atom stereocenters. The quantitative estimate of drug-likeness (QED) is 0.673. The molecule has 0 aliphatic rings. The van der Waals surface area contributed by atoms with E-state index in [1.165, 1.54) is 6.20 Å². The summed E-state index contributed by atoms with van der Waals surface area (Å²) >= 11 is 0. The number of amides is 1. The monoisotopic (exact) mass is 267 g/mol. The van der Waals surface area contributed by atoms with Crippen LogP contribution in [0.15, 0.2) is 42.7 Å². The second-order valence-corrected chi connectivity index (χ2v) is 4.45. The van der Waals surface area contributed by atoms with Crippen LogP contribution in [0.25, 0.3) is 10.9 Å². The predicted molar refractivity (Wildman–Crippen MR) is 77.1 cm³/mol. The van der Waals surface area contributed by atoms with Gasteiger partial charge in [0.05, 0.1) is 35.7 Å². The summed E-state index contributed by atoms with van der Waals surface area (Å²) in [7, 11) is 0. The lowest BCUT2D eigenvalue weighted by Crippen LogP contribution is -2.15. The van der Waals surface area contributed by atoms with Gasteiger partial charge < -0.3 is 11.1 Å². The van der Waals surface area contributed by atoms with Crippen molar-refractivity contribution in [3.05, 3.63) is 48.4 Å². The van der Waals surface area contributed by atoms with Crippen LogP contribution >= 0.6 is 0 Å². The molecule has 0 radical (unpaired) electrons. The molecule has 0 saturated heterocycles. The van der Waals surface area contributed by atoms with E-state index < -0.39 is 0 Å². The highest BCUT2D eigenvalue weighted by atomic mass is 16.1. The van der Waals surface area contributed by atoms with Crippen molar-refractivity contribution in [3.63, 3.8) is 0 Å². The van der Waals surface area contributed by atoms with Gasteiger partial charge in [-0.3, -0.25) is 14.9 Å². The van der Waals surface area contributed by atoms with Crippen LogP contribution in [-0.2, 0) is 11.2 Å². The number of fused-ring (bicyclic) bond motifs is 1. The van der Waals surface area contributed by atoms with E-state index in [2.05, 4.69) is 20.5 Å². The maximum atomic E-state index is 12.0. The number of carbonyl (C=O) groups is 1. The van der Waals surface area contributed by atoms with Gasteiger partial charge in [-0.15, -0.1) is 0 Å². The molecule has 6 heteroatoms. The molecule has 0 bridgehead atoms. The van der Waals surface area contributed by atoms with E-state index in [4.69, 9.17) is 5.73 Å². The number of para-hydroxylation sites is 1. The molecule has 100 valence electrons. The fourth-order valence-electron chi connectivity index (χ4n) is 1.97. The van der Waals surface area contributed by atoms with Crippen molar-refractivity contribution >= 4 is 28.2 Å². The lowest BCUT2D eigenvalue weighted by atomic mass is 10.2. The molecular weight excluding hydrogens is 254 g/mol. The Morgan fingerprint density at radius 3 is 2.95 bits per heavy atom. The standard InChI is InChI=1S/C14H13N5O/c15-10-4-5-11(16-8-10)6-13(20)18-12-3-1-2-9-7-17-19-14(9)12/h1-5,7-8H,6,15H2,(H,17,19)(H,18,20). The number of nitrogens with zero attached hydrogens (tertiary/aromatic N) is 2. The maximum Gasteiger partial charge on any atom is 0.230 e. The van der Waals surface area contributed by atoms with Gasteiger partial charge >= 0.3 is 0 Å². The first-order chi connectivity index (χ1) is 9.72. The van der Waals surface area contributed by atoms with Gasteiger partial charge in [-0.2, -0.15) is 5.10 Å². The highest BCUT2D eigenvalue weighted by Gasteiger charge is 2.08. The second-order valence-electron chi connectivity index (χ2n) is 4.45. The third kappa shape index (κ3) is 2.44. The van der Waals surface area contributed by atoms with E-state index in [-0.39, 0.29) is 12.3 Å². The summed E-state index contributed by atoms with van der Waals surface area (Å²) in [6.45, 7) is 0. The predicted octanol–water partition coefficient (Wildman–Crippen LogP) is 1.72. The van der Waals surface area contributed by atoms with Crippen LogP contribution in [0.3, 0.4) is 0 Å². The molecule has 3 aromatic rings. The number of anilines is 2. The van der Waals surface area contributed by atoms with Gasteiger partial charge in [-0.25, -0.2) is 0 Å². The van der Waals surface area contributed by atoms with Gasteiger partial charge in [0.2, 0.25) is 5.91 Å². The molecule has 1 aromatic carbocycles. The Balaban J connectivity index is 1.76. The lowest BCUT2D eigenvalue weighted by molar-refractivity contribution is -0.115. The second kappa shape index (κ2) is 5.00. The van der Waals surface area contributed by atoms with Gasteiger partial charge in [-0.05, 0) is 18.2 Å². The third-order valence-corrected chi connectivity index (χ3v) is 2.94. The van der Waals surface area contributed by atoms with Gasteiger partial charge in [0.25, 0.3) is 0 Å². The summed E-state index contributed by atoms with van der Waals surface area (Å²) in [5, 5.41) is 10.6. The van der Waals surface area contributed by atoms with Crippen molar-refractivity contribution in [2.24, 2.45) is 0 Å². The molecule has 2 heterocycles. The van der Waals surface area contributed by atoms with E-state index in [0.717, 1.165) is 10.9 Å². The highest BCUT2D eigenvalue weighted by Crippen LogP contribution is 2.20. The number of nitrogen functional groups attached to an aromatic ring is 1. The minimum absolute atomic E-state index is 0.135. The van der Waals surface area contributed by atoms with Crippen molar-refractivity contribution < 1.29 is 4.79 Å². The van der Waals surface area contributed by atoms with Crippen LogP contribution in [0.4, 0.5) is 11.4 Å². The maximum absolute atomic E-state index is 12.0. The normalized spacial score (nSPS) is 10.6.